The van der Waals surface area contributed by atoms with Crippen molar-refractivity contribution >= 4 is 34.0 Å². The van der Waals surface area contributed by atoms with Crippen molar-refractivity contribution in [1.29, 1.82) is 0 Å². The van der Waals surface area contributed by atoms with E-state index in [-0.39, 0.29) is 36.4 Å². The number of anilines is 2. The van der Waals surface area contributed by atoms with E-state index in [0.717, 1.165) is 44.8 Å². The summed E-state index contributed by atoms with van der Waals surface area (Å²) in [5.41, 5.74) is 15.0. The van der Waals surface area contributed by atoms with Gasteiger partial charge in [0, 0.05) is 23.7 Å². The van der Waals surface area contributed by atoms with Gasteiger partial charge in [0.2, 0.25) is 23.8 Å². The molecule has 4 heterocycles. The molecular weight excluding hydrogens is 664 g/mol. The fraction of sp³-hybridized carbons (Fsp3) is 0.333. The fourth-order valence-electron chi connectivity index (χ4n) is 6.34. The quantitative estimate of drug-likeness (QED) is 0.141. The highest BCUT2D eigenvalue weighted by atomic mass is 16.3. The van der Waals surface area contributed by atoms with Gasteiger partial charge in [0.05, 0.1) is 28.2 Å². The lowest BCUT2D eigenvalue weighted by atomic mass is 9.72. The first-order valence-electron chi connectivity index (χ1n) is 16.6. The zero-order valence-corrected chi connectivity index (χ0v) is 28.4. The third kappa shape index (κ3) is 7.09. The predicted octanol–water partition coefficient (Wildman–Crippen LogP) is 1.17. The van der Waals surface area contributed by atoms with Crippen molar-refractivity contribution in [3.8, 4) is 35.6 Å². The number of rotatable bonds is 4. The lowest BCUT2D eigenvalue weighted by Crippen LogP contribution is -2.43. The van der Waals surface area contributed by atoms with E-state index in [1.807, 2.05) is 50.2 Å². The molecule has 52 heavy (non-hydrogen) atoms. The molecule has 0 amide bonds. The minimum Gasteiger partial charge on any atom is -0.396 e. The van der Waals surface area contributed by atoms with Gasteiger partial charge in [-0.25, -0.2) is 29.9 Å². The van der Waals surface area contributed by atoms with Crippen LogP contribution in [0.2, 0.25) is 0 Å². The lowest BCUT2D eigenvalue weighted by Gasteiger charge is -2.38. The maximum Gasteiger partial charge on any atom is 0.240 e. The van der Waals surface area contributed by atoms with Gasteiger partial charge in [-0.3, -0.25) is 9.13 Å². The number of hydrogen-bond donors (Lipinski definition) is 6. The van der Waals surface area contributed by atoms with Gasteiger partial charge in [0.15, 0.2) is 0 Å². The van der Waals surface area contributed by atoms with Crippen LogP contribution >= 0.6 is 0 Å². The molecule has 2 aliphatic carbocycles. The fourth-order valence-corrected chi connectivity index (χ4v) is 6.34. The first-order valence-corrected chi connectivity index (χ1v) is 16.6. The minimum absolute atomic E-state index is 0.0437. The molecule has 8 rings (SSSR count). The summed E-state index contributed by atoms with van der Waals surface area (Å²) in [4.78, 5) is 33.3. The average molecular weight is 701 g/mol. The third-order valence-corrected chi connectivity index (χ3v) is 9.11. The van der Waals surface area contributed by atoms with E-state index >= 15 is 0 Å². The molecule has 6 aromatic rings. The van der Waals surface area contributed by atoms with Crippen LogP contribution in [0.15, 0.2) is 49.1 Å². The lowest BCUT2D eigenvalue weighted by molar-refractivity contribution is -0.0409. The largest absolute Gasteiger partial charge is 0.396 e. The van der Waals surface area contributed by atoms with E-state index in [9.17, 15) is 15.3 Å². The third-order valence-electron chi connectivity index (χ3n) is 9.11. The van der Waals surface area contributed by atoms with Crippen molar-refractivity contribution in [1.82, 2.24) is 49.0 Å². The maximum absolute atomic E-state index is 10.3. The van der Waals surface area contributed by atoms with E-state index in [1.165, 1.54) is 12.7 Å². The minimum atomic E-state index is -1.01. The van der Waals surface area contributed by atoms with Crippen molar-refractivity contribution in [3.63, 3.8) is 0 Å². The maximum atomic E-state index is 10.3. The number of aliphatic hydroxyl groups is 4. The van der Waals surface area contributed by atoms with Gasteiger partial charge >= 0.3 is 0 Å². The average Bonchev–Trinajstić information content (AvgIpc) is 3.61. The van der Waals surface area contributed by atoms with Crippen LogP contribution in [-0.4, -0.2) is 93.8 Å². The van der Waals surface area contributed by atoms with E-state index in [2.05, 4.69) is 63.6 Å². The predicted molar refractivity (Wildman–Crippen MR) is 190 cm³/mol. The van der Waals surface area contributed by atoms with Crippen LogP contribution in [0.25, 0.3) is 34.0 Å². The number of hydrogen-bond acceptors (Lipinski definition) is 14. The van der Waals surface area contributed by atoms with Crippen molar-refractivity contribution in [2.45, 2.75) is 57.3 Å². The van der Waals surface area contributed by atoms with Gasteiger partial charge < -0.3 is 31.9 Å². The van der Waals surface area contributed by atoms with Crippen LogP contribution in [-0.2, 0) is 0 Å². The second-order valence-electron chi connectivity index (χ2n) is 13.0. The summed E-state index contributed by atoms with van der Waals surface area (Å²) >= 11 is 0. The number of nitrogens with two attached hydrogens (primary N) is 2. The summed E-state index contributed by atoms with van der Waals surface area (Å²) < 4.78 is 3.58. The van der Waals surface area contributed by atoms with Crippen LogP contribution in [0.5, 0.6) is 0 Å². The van der Waals surface area contributed by atoms with Crippen molar-refractivity contribution in [2.24, 2.45) is 11.8 Å². The Morgan fingerprint density at radius 2 is 1.33 bits per heavy atom. The smallest absolute Gasteiger partial charge is 0.240 e. The van der Waals surface area contributed by atoms with Crippen LogP contribution < -0.4 is 11.5 Å². The van der Waals surface area contributed by atoms with E-state index in [1.54, 1.807) is 9.13 Å². The summed E-state index contributed by atoms with van der Waals surface area (Å²) in [6.07, 6.45) is 3.87. The number of aliphatic hydroxyl groups excluding tert-OH is 3. The summed E-state index contributed by atoms with van der Waals surface area (Å²) in [5, 5.41) is 38.8. The molecule has 16 heteroatoms. The molecule has 1 unspecified atom stereocenters. The summed E-state index contributed by atoms with van der Waals surface area (Å²) in [6.45, 7) is 3.80. The normalized spacial score (nSPS) is 21.1. The topological polar surface area (TPSA) is 246 Å². The van der Waals surface area contributed by atoms with Crippen LogP contribution in [0.4, 0.5) is 11.9 Å². The Kier molecular flexibility index (Phi) is 9.22. The van der Waals surface area contributed by atoms with E-state index in [4.69, 9.17) is 16.6 Å². The summed E-state index contributed by atoms with van der Waals surface area (Å²) in [5.74, 6) is 14.5. The van der Waals surface area contributed by atoms with Gasteiger partial charge in [-0.1, -0.05) is 23.7 Å². The highest BCUT2D eigenvalue weighted by Gasteiger charge is 2.40. The molecule has 2 fully saturated rings. The molecule has 264 valence electrons. The number of nitrogens with zero attached hydrogens (tertiary/aromatic N) is 10. The van der Waals surface area contributed by atoms with Crippen molar-refractivity contribution in [2.75, 3.05) is 18.1 Å². The Labute approximate surface area is 297 Å². The zero-order chi connectivity index (χ0) is 36.6. The molecule has 2 aliphatic rings. The SMILES string of the molecule is Cc1nc2ccc(C#CC(O)C3CC(O)C3)cc2n1-c1ncnc(N)n1.Cc1nc2ccc(C#CC3(O)CC(CO)C3)cc2n1-c1ncnc(N)n1. The number of benzene rings is 2. The molecule has 0 radical (unpaired) electrons. The number of aromatic nitrogens is 10. The van der Waals surface area contributed by atoms with Gasteiger partial charge in [-0.15, -0.1) is 0 Å². The number of imidazole rings is 2. The Morgan fingerprint density at radius 3 is 1.81 bits per heavy atom. The van der Waals surface area contributed by atoms with Gasteiger partial charge in [-0.05, 0) is 81.8 Å². The van der Waals surface area contributed by atoms with Gasteiger partial charge in [0.25, 0.3) is 0 Å². The molecule has 0 aliphatic heterocycles. The van der Waals surface area contributed by atoms with Crippen molar-refractivity contribution < 1.29 is 20.4 Å². The second kappa shape index (κ2) is 13.9. The first kappa shape index (κ1) is 34.4. The standard InChI is InChI=1S/2C18H18N6O2/c1-10-22-14-4-2-11(3-5-16(26)12-7-13(25)8-12)6-15(14)24(10)18-21-9-20-17(19)23-18;1-11-22-14-3-2-12(4-5-18(26)7-13(8-18)9-25)6-15(14)24(11)17-21-10-20-16(19)23-17/h2,4,6,9,12-13,16,25-26H,7-8H2,1H3,(H2,19,20,21,23);2-3,6,10,13,25-26H,7-9H2,1H3,(H2,19,20,21,23). The molecule has 0 saturated heterocycles. The molecule has 2 saturated carbocycles. The number of nitrogen functional groups attached to an aromatic ring is 2. The summed E-state index contributed by atoms with van der Waals surface area (Å²) in [6, 6.07) is 11.2. The summed E-state index contributed by atoms with van der Waals surface area (Å²) in [7, 11) is 0. The molecule has 0 spiro atoms. The van der Waals surface area contributed by atoms with E-state index in [0.29, 0.717) is 37.6 Å². The second-order valence-corrected chi connectivity index (χ2v) is 13.0. The molecule has 0 bridgehead atoms. The molecule has 16 nitrogen and oxygen atoms in total. The monoisotopic (exact) mass is 700 g/mol. The Morgan fingerprint density at radius 1 is 0.808 bits per heavy atom. The van der Waals surface area contributed by atoms with Crippen LogP contribution in [0.3, 0.4) is 0 Å². The molecule has 4 aromatic heterocycles. The van der Waals surface area contributed by atoms with Crippen molar-refractivity contribution in [3.05, 3.63) is 71.8 Å². The zero-order valence-electron chi connectivity index (χ0n) is 28.4. The van der Waals surface area contributed by atoms with E-state index < -0.39 is 11.7 Å². The van der Waals surface area contributed by atoms with Gasteiger partial charge in [0.1, 0.15) is 36.0 Å². The number of aryl methyl sites for hydroxylation is 2. The Bertz CT molecular complexity index is 2410. The van der Waals surface area contributed by atoms with Crippen LogP contribution in [0.1, 0.15) is 48.5 Å². The molecule has 8 N–H and O–H groups in total. The molecule has 1 atom stereocenters. The van der Waals surface area contributed by atoms with Gasteiger partial charge in [-0.2, -0.15) is 9.97 Å². The number of fused-ring (bicyclic) bond motifs is 2. The van der Waals surface area contributed by atoms with Crippen LogP contribution in [0, 0.1) is 49.4 Å². The Hall–Kier alpha value is -6.04. The Balaban J connectivity index is 0.000000162. The first-order chi connectivity index (χ1) is 25.0. The molecule has 2 aromatic carbocycles. The highest BCUT2D eigenvalue weighted by Crippen LogP contribution is 2.37. The molecular formula is C36H36N12O4. The highest BCUT2D eigenvalue weighted by molar-refractivity contribution is 5.80.